The van der Waals surface area contributed by atoms with E-state index in [9.17, 15) is 14.3 Å². The highest BCUT2D eigenvalue weighted by atomic mass is 19.1. The lowest BCUT2D eigenvalue weighted by Gasteiger charge is -2.38. The average molecular weight is 351 g/mol. The normalized spacial score (nSPS) is 25.9. The van der Waals surface area contributed by atoms with Crippen LogP contribution in [0.15, 0.2) is 24.3 Å². The third-order valence-corrected chi connectivity index (χ3v) is 5.62. The van der Waals surface area contributed by atoms with Gasteiger partial charge in [0.1, 0.15) is 12.6 Å². The van der Waals surface area contributed by atoms with Gasteiger partial charge < -0.3 is 14.6 Å². The molecule has 4 atom stereocenters. The maximum Gasteiger partial charge on any atom is 0.408 e. The van der Waals surface area contributed by atoms with Crippen LogP contribution in [0.3, 0.4) is 0 Å². The van der Waals surface area contributed by atoms with Crippen LogP contribution >= 0.6 is 0 Å². The zero-order valence-corrected chi connectivity index (χ0v) is 14.6. The van der Waals surface area contributed by atoms with Crippen LogP contribution in [0, 0.1) is 17.7 Å². The molecule has 6 heteroatoms. The molecule has 2 bridgehead atoms. The Hall–Kier alpha value is -1.66. The molecule has 138 valence electrons. The fourth-order valence-electron chi connectivity index (χ4n) is 4.59. The maximum atomic E-state index is 14.4. The van der Waals surface area contributed by atoms with E-state index in [1.165, 1.54) is 24.5 Å². The predicted octanol–water partition coefficient (Wildman–Crippen LogP) is 4.05. The second-order valence-corrected chi connectivity index (χ2v) is 7.07. The summed E-state index contributed by atoms with van der Waals surface area (Å²) in [6, 6.07) is 5.88. The van der Waals surface area contributed by atoms with Crippen LogP contribution in [-0.4, -0.2) is 42.7 Å². The lowest BCUT2D eigenvalue weighted by molar-refractivity contribution is -0.0386. The molecule has 3 rings (SSSR count). The number of fused-ring (bicyclic) bond motifs is 2. The Morgan fingerprint density at radius 2 is 2.16 bits per heavy atom. The molecule has 0 heterocycles. The van der Waals surface area contributed by atoms with Crippen molar-refractivity contribution in [1.82, 2.24) is 4.90 Å². The summed E-state index contributed by atoms with van der Waals surface area (Å²) < 4.78 is 24.7. The van der Waals surface area contributed by atoms with Crippen LogP contribution in [0.4, 0.5) is 9.18 Å². The fraction of sp³-hybridized carbons (Fsp3) is 0.632. The molecule has 1 amide bonds. The second kappa shape index (κ2) is 8.15. The number of rotatable bonds is 8. The van der Waals surface area contributed by atoms with Gasteiger partial charge in [-0.1, -0.05) is 24.6 Å². The van der Waals surface area contributed by atoms with Crippen LogP contribution in [-0.2, 0) is 9.47 Å². The molecule has 0 spiro atoms. The van der Waals surface area contributed by atoms with Crippen molar-refractivity contribution in [2.45, 2.75) is 44.2 Å². The molecule has 1 aromatic rings. The zero-order valence-electron chi connectivity index (χ0n) is 14.6. The molecule has 5 nitrogen and oxygen atoms in total. The summed E-state index contributed by atoms with van der Waals surface area (Å²) >= 11 is 0. The molecular formula is C19H26FNO4. The summed E-state index contributed by atoms with van der Waals surface area (Å²) in [5.41, 5.74) is 0.425. The van der Waals surface area contributed by atoms with Crippen molar-refractivity contribution in [3.05, 3.63) is 35.6 Å². The van der Waals surface area contributed by atoms with E-state index in [0.717, 1.165) is 19.3 Å². The Labute approximate surface area is 147 Å². The Morgan fingerprint density at radius 1 is 1.36 bits per heavy atom. The Bertz CT molecular complexity index is 597. The Morgan fingerprint density at radius 3 is 2.76 bits per heavy atom. The highest BCUT2D eigenvalue weighted by Gasteiger charge is 2.46. The molecule has 1 N–H and O–H groups in total. The van der Waals surface area contributed by atoms with Gasteiger partial charge in [-0.2, -0.15) is 0 Å². The average Bonchev–Trinajstić information content (AvgIpc) is 3.21. The zero-order chi connectivity index (χ0) is 17.8. The van der Waals surface area contributed by atoms with E-state index in [1.54, 1.807) is 18.2 Å². The van der Waals surface area contributed by atoms with Gasteiger partial charge in [-0.05, 0) is 43.6 Å². The van der Waals surface area contributed by atoms with Crippen LogP contribution in [0.25, 0.3) is 0 Å². The van der Waals surface area contributed by atoms with Gasteiger partial charge >= 0.3 is 6.09 Å². The number of carbonyl (C=O) groups is 1. The minimum absolute atomic E-state index is 0.0247. The standard InChI is InChI=1S/C19H26FNO4/c1-24-12-25-9-8-17(15-4-2-3-5-16(15)20)21(19(22)23)18-11-13-6-7-14(18)10-13/h2-5,13-14,17-18H,6-12H2,1H3,(H,22,23)/t13?,14?,17-,18?/m0/s1. The molecule has 2 saturated carbocycles. The van der Waals surface area contributed by atoms with E-state index in [-0.39, 0.29) is 18.7 Å². The van der Waals surface area contributed by atoms with Crippen LogP contribution in [0.5, 0.6) is 0 Å². The number of ether oxygens (including phenoxy) is 2. The topological polar surface area (TPSA) is 59.0 Å². The number of carboxylic acid groups (broad SMARTS) is 1. The van der Waals surface area contributed by atoms with Gasteiger partial charge in [0, 0.05) is 18.7 Å². The molecule has 2 aliphatic carbocycles. The van der Waals surface area contributed by atoms with Crippen molar-refractivity contribution < 1.29 is 23.8 Å². The van der Waals surface area contributed by atoms with Crippen molar-refractivity contribution in [2.24, 2.45) is 11.8 Å². The first-order valence-corrected chi connectivity index (χ1v) is 8.94. The number of hydrogen-bond donors (Lipinski definition) is 1. The first-order valence-electron chi connectivity index (χ1n) is 8.94. The first kappa shape index (κ1) is 18.1. The van der Waals surface area contributed by atoms with Crippen molar-refractivity contribution in [3.8, 4) is 0 Å². The van der Waals surface area contributed by atoms with Gasteiger partial charge in [0.05, 0.1) is 12.6 Å². The van der Waals surface area contributed by atoms with Crippen molar-refractivity contribution in [3.63, 3.8) is 0 Å². The summed E-state index contributed by atoms with van der Waals surface area (Å²) in [6.07, 6.45) is 3.68. The molecule has 2 aliphatic rings. The summed E-state index contributed by atoms with van der Waals surface area (Å²) in [7, 11) is 1.53. The minimum Gasteiger partial charge on any atom is -0.465 e. The Balaban J connectivity index is 1.84. The molecule has 3 unspecified atom stereocenters. The number of hydrogen-bond acceptors (Lipinski definition) is 3. The predicted molar refractivity (Wildman–Crippen MR) is 90.7 cm³/mol. The Kier molecular flexibility index (Phi) is 5.91. The van der Waals surface area contributed by atoms with Crippen LogP contribution < -0.4 is 0 Å². The van der Waals surface area contributed by atoms with Crippen LogP contribution in [0.1, 0.15) is 43.7 Å². The number of nitrogens with zero attached hydrogens (tertiary/aromatic N) is 1. The summed E-state index contributed by atoms with van der Waals surface area (Å²) in [6.45, 7) is 0.461. The van der Waals surface area contributed by atoms with Crippen LogP contribution in [0.2, 0.25) is 0 Å². The number of benzene rings is 1. The highest BCUT2D eigenvalue weighted by molar-refractivity contribution is 5.66. The third kappa shape index (κ3) is 3.96. The van der Waals surface area contributed by atoms with E-state index in [1.807, 2.05) is 0 Å². The van der Waals surface area contributed by atoms with Crippen molar-refractivity contribution in [1.29, 1.82) is 0 Å². The van der Waals surface area contributed by atoms with Gasteiger partial charge in [0.2, 0.25) is 0 Å². The first-order chi connectivity index (χ1) is 12.1. The quantitative estimate of drug-likeness (QED) is 0.567. The smallest absolute Gasteiger partial charge is 0.408 e. The van der Waals surface area contributed by atoms with E-state index < -0.39 is 12.1 Å². The molecule has 0 radical (unpaired) electrons. The molecule has 0 saturated heterocycles. The van der Waals surface area contributed by atoms with Gasteiger partial charge in [0.25, 0.3) is 0 Å². The number of methoxy groups -OCH3 is 1. The lowest BCUT2D eigenvalue weighted by atomic mass is 9.91. The monoisotopic (exact) mass is 351 g/mol. The van der Waals surface area contributed by atoms with Crippen molar-refractivity contribution in [2.75, 3.05) is 20.5 Å². The maximum absolute atomic E-state index is 14.4. The molecule has 2 fully saturated rings. The van der Waals surface area contributed by atoms with E-state index in [2.05, 4.69) is 0 Å². The molecule has 1 aromatic carbocycles. The summed E-state index contributed by atoms with van der Waals surface area (Å²) in [5.74, 6) is 0.645. The van der Waals surface area contributed by atoms with Gasteiger partial charge in [-0.3, -0.25) is 4.90 Å². The highest BCUT2D eigenvalue weighted by Crippen LogP contribution is 2.48. The molecule has 0 aliphatic heterocycles. The van der Waals surface area contributed by atoms with Gasteiger partial charge in [0.15, 0.2) is 0 Å². The minimum atomic E-state index is -0.974. The van der Waals surface area contributed by atoms with Crippen molar-refractivity contribution >= 4 is 6.09 Å². The van der Waals surface area contributed by atoms with E-state index in [4.69, 9.17) is 9.47 Å². The summed E-state index contributed by atoms with van der Waals surface area (Å²) in [5, 5.41) is 9.93. The third-order valence-electron chi connectivity index (χ3n) is 5.62. The fourth-order valence-corrected chi connectivity index (χ4v) is 4.59. The largest absolute Gasteiger partial charge is 0.465 e. The van der Waals surface area contributed by atoms with Gasteiger partial charge in [-0.25, -0.2) is 9.18 Å². The van der Waals surface area contributed by atoms with Gasteiger partial charge in [-0.15, -0.1) is 0 Å². The number of amides is 1. The lowest BCUT2D eigenvalue weighted by Crippen LogP contribution is -2.45. The van der Waals surface area contributed by atoms with E-state index in [0.29, 0.717) is 30.4 Å². The SMILES string of the molecule is COCOCC[C@@H](c1ccccc1F)N(C(=O)O)C1CC2CCC1C2. The number of halogens is 1. The second-order valence-electron chi connectivity index (χ2n) is 7.07. The summed E-state index contributed by atoms with van der Waals surface area (Å²) in [4.78, 5) is 13.6. The molecular weight excluding hydrogens is 325 g/mol. The molecule has 0 aromatic heterocycles. The van der Waals surface area contributed by atoms with E-state index >= 15 is 0 Å². The molecule has 25 heavy (non-hydrogen) atoms.